The number of piperidine rings is 1. The first kappa shape index (κ1) is 27.2. The first-order chi connectivity index (χ1) is 16.8. The fraction of sp³-hybridized carbons (Fsp3) is 0.536. The van der Waals surface area contributed by atoms with E-state index in [1.165, 1.54) is 12.1 Å². The molecular weight excluding hydrogens is 507 g/mol. The second-order valence-electron chi connectivity index (χ2n) is 11.0. The van der Waals surface area contributed by atoms with Crippen LogP contribution in [0.3, 0.4) is 0 Å². The lowest BCUT2D eigenvalue weighted by molar-refractivity contribution is 0.00499. The van der Waals surface area contributed by atoms with Crippen LogP contribution < -0.4 is 4.74 Å². The van der Waals surface area contributed by atoms with Crippen molar-refractivity contribution >= 4 is 29.2 Å². The van der Waals surface area contributed by atoms with Gasteiger partial charge in [-0.1, -0.05) is 23.2 Å². The number of alkyl halides is 1. The first-order valence-electron chi connectivity index (χ1n) is 12.4. The zero-order valence-corrected chi connectivity index (χ0v) is 22.7. The molecule has 0 radical (unpaired) electrons. The monoisotopic (exact) mass is 539 g/mol. The second kappa shape index (κ2) is 10.5. The molecule has 1 saturated carbocycles. The number of halogens is 4. The van der Waals surface area contributed by atoms with Crippen molar-refractivity contribution in [2.75, 3.05) is 19.7 Å². The maximum absolute atomic E-state index is 15.7. The number of carbonyl (C=O) groups excluding carboxylic acids is 1. The smallest absolute Gasteiger partial charge is 0.341 e. The summed E-state index contributed by atoms with van der Waals surface area (Å²) in [6.07, 6.45) is 2.44. The van der Waals surface area contributed by atoms with Gasteiger partial charge in [0, 0.05) is 35.2 Å². The lowest BCUT2D eigenvalue weighted by atomic mass is 9.92. The zero-order valence-electron chi connectivity index (χ0n) is 21.2. The third-order valence-corrected chi connectivity index (χ3v) is 7.27. The van der Waals surface area contributed by atoms with Crippen molar-refractivity contribution in [3.63, 3.8) is 0 Å². The second-order valence-corrected chi connectivity index (χ2v) is 11.9. The van der Waals surface area contributed by atoms with Gasteiger partial charge in [0.2, 0.25) is 0 Å². The fourth-order valence-electron chi connectivity index (χ4n) is 4.59. The number of nitrogens with zero attached hydrogens (tertiary/aromatic N) is 1. The number of esters is 1. The molecule has 2 fully saturated rings. The van der Waals surface area contributed by atoms with Crippen LogP contribution in [-0.4, -0.2) is 41.8 Å². The Kier molecular flexibility index (Phi) is 7.89. The lowest BCUT2D eigenvalue weighted by Gasteiger charge is -2.39. The third-order valence-electron chi connectivity index (χ3n) is 6.83. The summed E-state index contributed by atoms with van der Waals surface area (Å²) in [7, 11) is 0. The van der Waals surface area contributed by atoms with E-state index in [1.807, 2.05) is 12.1 Å². The average Bonchev–Trinajstić information content (AvgIpc) is 3.61. The van der Waals surface area contributed by atoms with Crippen LogP contribution in [0.5, 0.6) is 5.75 Å². The summed E-state index contributed by atoms with van der Waals surface area (Å²) in [5.74, 6) is -0.938. The first-order valence-corrected chi connectivity index (χ1v) is 13.2. The van der Waals surface area contributed by atoms with Crippen LogP contribution >= 0.6 is 23.2 Å². The van der Waals surface area contributed by atoms with Gasteiger partial charge in [0.1, 0.15) is 29.4 Å². The predicted octanol–water partition coefficient (Wildman–Crippen LogP) is 7.91. The quantitative estimate of drug-likeness (QED) is 0.335. The van der Waals surface area contributed by atoms with Crippen molar-refractivity contribution in [3.05, 3.63) is 62.9 Å². The molecule has 2 aliphatic rings. The highest BCUT2D eigenvalue weighted by Gasteiger charge is 2.38. The molecule has 2 aromatic carbocycles. The van der Waals surface area contributed by atoms with Gasteiger partial charge in [-0.25, -0.2) is 13.6 Å². The highest BCUT2D eigenvalue weighted by molar-refractivity contribution is 6.34. The molecule has 0 aromatic heterocycles. The lowest BCUT2D eigenvalue weighted by Crippen LogP contribution is -2.45. The maximum Gasteiger partial charge on any atom is 0.341 e. The van der Waals surface area contributed by atoms with E-state index in [4.69, 9.17) is 32.7 Å². The highest BCUT2D eigenvalue weighted by Crippen LogP contribution is 2.46. The molecule has 2 aromatic rings. The van der Waals surface area contributed by atoms with Crippen molar-refractivity contribution in [1.82, 2.24) is 4.90 Å². The molecule has 1 heterocycles. The molecule has 0 N–H and O–H groups in total. The minimum atomic E-state index is -1.52. The van der Waals surface area contributed by atoms with Crippen molar-refractivity contribution in [2.45, 2.75) is 76.6 Å². The Morgan fingerprint density at radius 1 is 1.11 bits per heavy atom. The standard InChI is InChI=1S/C28H33Cl2F2NO3/c1-17(19-11-20(29)13-21(30)12-19)33-9-7-28(32,8-10-33)16-35-25-15-24(31)23(14-22(25)18-5-6-18)26(34)36-27(2,3)4/h11-15,17-18H,5-10,16H2,1-4H3/t17-/m1/s1. The highest BCUT2D eigenvalue weighted by atomic mass is 35.5. The Balaban J connectivity index is 1.41. The van der Waals surface area contributed by atoms with Gasteiger partial charge < -0.3 is 9.47 Å². The Hall–Kier alpha value is -1.89. The van der Waals surface area contributed by atoms with Crippen molar-refractivity contribution in [3.8, 4) is 5.75 Å². The molecule has 8 heteroatoms. The molecular formula is C28H33Cl2F2NO3. The Morgan fingerprint density at radius 3 is 2.28 bits per heavy atom. The van der Waals surface area contributed by atoms with Gasteiger partial charge in [-0.05, 0) is 94.7 Å². The van der Waals surface area contributed by atoms with Crippen molar-refractivity contribution < 1.29 is 23.0 Å². The van der Waals surface area contributed by atoms with Crippen molar-refractivity contribution in [1.29, 1.82) is 0 Å². The van der Waals surface area contributed by atoms with Gasteiger partial charge in [-0.2, -0.15) is 0 Å². The number of rotatable bonds is 7. The number of carbonyl (C=O) groups is 1. The summed E-state index contributed by atoms with van der Waals surface area (Å²) in [4.78, 5) is 14.7. The summed E-state index contributed by atoms with van der Waals surface area (Å²) in [6, 6.07) is 8.22. The SMILES string of the molecule is C[C@H](c1cc(Cl)cc(Cl)c1)N1CCC(F)(COc2cc(F)c(C(=O)OC(C)(C)C)cc2C2CC2)CC1. The van der Waals surface area contributed by atoms with Crippen LogP contribution in [0.15, 0.2) is 30.3 Å². The molecule has 0 bridgehead atoms. The summed E-state index contributed by atoms with van der Waals surface area (Å²) in [5.41, 5.74) is -0.639. The van der Waals surface area contributed by atoms with Gasteiger partial charge in [0.05, 0.1) is 5.56 Å². The van der Waals surface area contributed by atoms with Gasteiger partial charge in [-0.3, -0.25) is 4.90 Å². The van der Waals surface area contributed by atoms with Crippen LogP contribution in [0.1, 0.15) is 86.8 Å². The summed E-state index contributed by atoms with van der Waals surface area (Å²) in [6.45, 7) is 8.19. The number of benzene rings is 2. The predicted molar refractivity (Wildman–Crippen MR) is 139 cm³/mol. The van der Waals surface area contributed by atoms with E-state index in [0.29, 0.717) is 41.7 Å². The van der Waals surface area contributed by atoms with E-state index in [-0.39, 0.29) is 24.1 Å². The van der Waals surface area contributed by atoms with Gasteiger partial charge in [0.25, 0.3) is 0 Å². The third kappa shape index (κ3) is 6.70. The summed E-state index contributed by atoms with van der Waals surface area (Å²) < 4.78 is 41.8. The molecule has 0 amide bonds. The largest absolute Gasteiger partial charge is 0.490 e. The molecule has 196 valence electrons. The van der Waals surface area contributed by atoms with Crippen LogP contribution in [0.4, 0.5) is 8.78 Å². The Labute approximate surface area is 221 Å². The van der Waals surface area contributed by atoms with E-state index in [1.54, 1.807) is 26.8 Å². The molecule has 1 aliphatic heterocycles. The Morgan fingerprint density at radius 2 is 1.72 bits per heavy atom. The summed E-state index contributed by atoms with van der Waals surface area (Å²) >= 11 is 12.3. The van der Waals surface area contributed by atoms with Crippen LogP contribution in [0.2, 0.25) is 10.0 Å². The number of likely N-dealkylation sites (tertiary alicyclic amines) is 1. The average molecular weight is 540 g/mol. The normalized spacial score (nSPS) is 19.1. The minimum Gasteiger partial charge on any atom is -0.490 e. The van der Waals surface area contributed by atoms with E-state index in [0.717, 1.165) is 24.0 Å². The van der Waals surface area contributed by atoms with Gasteiger partial charge in [0.15, 0.2) is 0 Å². The van der Waals surface area contributed by atoms with Crippen LogP contribution in [0, 0.1) is 5.82 Å². The molecule has 4 rings (SSSR count). The fourth-order valence-corrected chi connectivity index (χ4v) is 5.13. The maximum atomic E-state index is 15.7. The minimum absolute atomic E-state index is 0.0441. The summed E-state index contributed by atoms with van der Waals surface area (Å²) in [5, 5.41) is 1.15. The molecule has 1 atom stereocenters. The molecule has 1 aliphatic carbocycles. The topological polar surface area (TPSA) is 38.8 Å². The zero-order chi connectivity index (χ0) is 26.3. The van der Waals surface area contributed by atoms with Gasteiger partial charge >= 0.3 is 5.97 Å². The molecule has 36 heavy (non-hydrogen) atoms. The van der Waals surface area contributed by atoms with Crippen LogP contribution in [0.25, 0.3) is 0 Å². The van der Waals surface area contributed by atoms with Crippen molar-refractivity contribution in [2.24, 2.45) is 0 Å². The van der Waals surface area contributed by atoms with Gasteiger partial charge in [-0.15, -0.1) is 0 Å². The van der Waals surface area contributed by atoms with E-state index >= 15 is 4.39 Å². The molecule has 0 unspecified atom stereocenters. The molecule has 4 nitrogen and oxygen atoms in total. The molecule has 1 saturated heterocycles. The van der Waals surface area contributed by atoms with E-state index in [9.17, 15) is 9.18 Å². The Bertz CT molecular complexity index is 1100. The van der Waals surface area contributed by atoms with E-state index in [2.05, 4.69) is 11.8 Å². The number of hydrogen-bond donors (Lipinski definition) is 0. The number of ether oxygens (including phenoxy) is 2. The molecule has 0 spiro atoms. The van der Waals surface area contributed by atoms with Crippen LogP contribution in [-0.2, 0) is 4.74 Å². The van der Waals surface area contributed by atoms with E-state index < -0.39 is 23.1 Å². The number of hydrogen-bond acceptors (Lipinski definition) is 4.